The fourth-order valence-electron chi connectivity index (χ4n) is 4.16. The Morgan fingerprint density at radius 1 is 1.25 bits per heavy atom. The summed E-state index contributed by atoms with van der Waals surface area (Å²) in [5.74, 6) is -0.300. The lowest BCUT2D eigenvalue weighted by atomic mass is 9.77. The average molecular weight is 280 g/mol. The van der Waals surface area contributed by atoms with E-state index in [1.165, 1.54) is 38.5 Å². The van der Waals surface area contributed by atoms with Gasteiger partial charge in [-0.25, -0.2) is 0 Å². The van der Waals surface area contributed by atoms with Crippen molar-refractivity contribution in [2.24, 2.45) is 5.41 Å². The molecule has 2 heteroatoms. The average Bonchev–Trinajstić information content (AvgIpc) is 2.89. The monoisotopic (exact) mass is 280 g/mol. The van der Waals surface area contributed by atoms with Gasteiger partial charge >= 0.3 is 0 Å². The molecule has 2 nitrogen and oxygen atoms in total. The van der Waals surface area contributed by atoms with Crippen molar-refractivity contribution >= 4 is 0 Å². The topological polar surface area (TPSA) is 18.5 Å². The number of hydrogen-bond donors (Lipinski definition) is 0. The Morgan fingerprint density at radius 3 is 2.85 bits per heavy atom. The summed E-state index contributed by atoms with van der Waals surface area (Å²) in [7, 11) is 0. The summed E-state index contributed by atoms with van der Waals surface area (Å²) >= 11 is 0. The van der Waals surface area contributed by atoms with Gasteiger partial charge in [-0.05, 0) is 39.0 Å². The molecular weight excluding hydrogens is 248 g/mol. The van der Waals surface area contributed by atoms with E-state index in [1.807, 2.05) is 0 Å². The number of ether oxygens (including phenoxy) is 2. The van der Waals surface area contributed by atoms with Gasteiger partial charge < -0.3 is 9.47 Å². The highest BCUT2D eigenvalue weighted by molar-refractivity contribution is 5.06. The van der Waals surface area contributed by atoms with Crippen LogP contribution in [0.2, 0.25) is 0 Å². The molecule has 0 amide bonds. The van der Waals surface area contributed by atoms with Crippen LogP contribution in [0.4, 0.5) is 0 Å². The highest BCUT2D eigenvalue weighted by atomic mass is 16.7. The molecule has 0 spiro atoms. The Labute approximate surface area is 124 Å². The summed E-state index contributed by atoms with van der Waals surface area (Å²) in [4.78, 5) is 0. The molecule has 0 aromatic carbocycles. The van der Waals surface area contributed by atoms with E-state index in [9.17, 15) is 0 Å². The number of fused-ring (bicyclic) bond motifs is 1. The minimum Gasteiger partial charge on any atom is -0.349 e. The Balaban J connectivity index is 1.90. The highest BCUT2D eigenvalue weighted by Crippen LogP contribution is 2.58. The van der Waals surface area contributed by atoms with Gasteiger partial charge in [-0.3, -0.25) is 0 Å². The maximum Gasteiger partial charge on any atom is 0.174 e. The van der Waals surface area contributed by atoms with Crippen LogP contribution < -0.4 is 0 Å². The van der Waals surface area contributed by atoms with E-state index in [0.29, 0.717) is 6.10 Å². The van der Waals surface area contributed by atoms with Gasteiger partial charge in [0.25, 0.3) is 0 Å². The molecule has 0 aromatic heterocycles. The zero-order valence-corrected chi connectivity index (χ0v) is 13.5. The van der Waals surface area contributed by atoms with Gasteiger partial charge in [-0.2, -0.15) is 0 Å². The van der Waals surface area contributed by atoms with Crippen molar-refractivity contribution in [1.29, 1.82) is 0 Å². The van der Waals surface area contributed by atoms with Crippen LogP contribution in [-0.2, 0) is 9.47 Å². The molecule has 0 aromatic rings. The van der Waals surface area contributed by atoms with Crippen LogP contribution in [0, 0.1) is 5.41 Å². The van der Waals surface area contributed by atoms with Crippen LogP contribution in [0.3, 0.4) is 0 Å². The van der Waals surface area contributed by atoms with Gasteiger partial charge in [-0.15, -0.1) is 6.58 Å². The second-order valence-corrected chi connectivity index (χ2v) is 6.76. The van der Waals surface area contributed by atoms with E-state index in [-0.39, 0.29) is 11.2 Å². The second-order valence-electron chi connectivity index (χ2n) is 6.76. The van der Waals surface area contributed by atoms with Crippen LogP contribution in [0.1, 0.15) is 78.1 Å². The standard InChI is InChI=1S/C18H32O2/c1-4-6-7-8-10-16(3)20-18-13-9-12-17(18,11-5-2)14-15-19-18/h5,16H,2,4,6-15H2,1,3H3/t16-,17-,18+/m1/s1. The summed E-state index contributed by atoms with van der Waals surface area (Å²) in [5.41, 5.74) is 0.215. The van der Waals surface area contributed by atoms with E-state index in [0.717, 1.165) is 32.3 Å². The molecule has 1 saturated carbocycles. The van der Waals surface area contributed by atoms with Crippen molar-refractivity contribution in [2.45, 2.75) is 89.9 Å². The molecule has 0 radical (unpaired) electrons. The van der Waals surface area contributed by atoms with Crippen molar-refractivity contribution in [2.75, 3.05) is 6.61 Å². The Hall–Kier alpha value is -0.340. The smallest absolute Gasteiger partial charge is 0.174 e. The first kappa shape index (κ1) is 16.0. The quantitative estimate of drug-likeness (QED) is 0.425. The molecule has 1 saturated heterocycles. The molecule has 1 heterocycles. The van der Waals surface area contributed by atoms with Gasteiger partial charge in [0.1, 0.15) is 0 Å². The predicted octanol–water partition coefficient (Wildman–Crippen LogP) is 5.22. The molecule has 1 aliphatic heterocycles. The predicted molar refractivity (Wildman–Crippen MR) is 83.7 cm³/mol. The van der Waals surface area contributed by atoms with Gasteiger partial charge in [0.2, 0.25) is 0 Å². The molecule has 2 fully saturated rings. The molecular formula is C18H32O2. The van der Waals surface area contributed by atoms with Crippen LogP contribution in [-0.4, -0.2) is 18.5 Å². The Kier molecular flexibility index (Phi) is 5.68. The third-order valence-corrected chi connectivity index (χ3v) is 5.28. The molecule has 2 aliphatic rings. The van der Waals surface area contributed by atoms with Crippen molar-refractivity contribution < 1.29 is 9.47 Å². The number of allylic oxidation sites excluding steroid dienone is 1. The fraction of sp³-hybridized carbons (Fsp3) is 0.889. The van der Waals surface area contributed by atoms with Gasteiger partial charge in [-0.1, -0.05) is 38.7 Å². The second kappa shape index (κ2) is 7.09. The first-order chi connectivity index (χ1) is 9.68. The Morgan fingerprint density at radius 2 is 2.10 bits per heavy atom. The maximum absolute atomic E-state index is 6.49. The molecule has 116 valence electrons. The lowest BCUT2D eigenvalue weighted by Gasteiger charge is -2.40. The summed E-state index contributed by atoms with van der Waals surface area (Å²) in [6.07, 6.45) is 14.5. The largest absolute Gasteiger partial charge is 0.349 e. The third kappa shape index (κ3) is 3.12. The van der Waals surface area contributed by atoms with Gasteiger partial charge in [0.05, 0.1) is 12.7 Å². The molecule has 3 atom stereocenters. The lowest BCUT2D eigenvalue weighted by molar-refractivity contribution is -0.266. The zero-order chi connectivity index (χ0) is 14.5. The molecule has 1 aliphatic carbocycles. The normalized spacial score (nSPS) is 34.1. The van der Waals surface area contributed by atoms with E-state index in [1.54, 1.807) is 0 Å². The van der Waals surface area contributed by atoms with Crippen LogP contribution in [0.15, 0.2) is 12.7 Å². The first-order valence-corrected chi connectivity index (χ1v) is 8.61. The SMILES string of the molecule is C=CC[C@]12CCC[C@@]1(O[C@H](C)CCCCCC)OCC2. The van der Waals surface area contributed by atoms with Gasteiger partial charge in [0, 0.05) is 11.8 Å². The Bertz CT molecular complexity index is 301. The summed E-state index contributed by atoms with van der Waals surface area (Å²) in [5, 5.41) is 0. The van der Waals surface area contributed by atoms with Crippen LogP contribution in [0.25, 0.3) is 0 Å². The minimum absolute atomic E-state index is 0.215. The molecule has 20 heavy (non-hydrogen) atoms. The zero-order valence-electron chi connectivity index (χ0n) is 13.5. The van der Waals surface area contributed by atoms with E-state index < -0.39 is 0 Å². The van der Waals surface area contributed by atoms with E-state index in [2.05, 4.69) is 26.5 Å². The lowest BCUT2D eigenvalue weighted by Crippen LogP contribution is -2.45. The molecule has 0 unspecified atom stereocenters. The fourth-order valence-corrected chi connectivity index (χ4v) is 4.16. The van der Waals surface area contributed by atoms with Crippen molar-refractivity contribution in [3.63, 3.8) is 0 Å². The minimum atomic E-state index is -0.300. The number of unbranched alkanes of at least 4 members (excludes halogenated alkanes) is 3. The molecule has 2 rings (SSSR count). The van der Waals surface area contributed by atoms with Crippen molar-refractivity contribution in [1.82, 2.24) is 0 Å². The van der Waals surface area contributed by atoms with Crippen LogP contribution in [0.5, 0.6) is 0 Å². The maximum atomic E-state index is 6.49. The first-order valence-electron chi connectivity index (χ1n) is 8.61. The van der Waals surface area contributed by atoms with E-state index >= 15 is 0 Å². The molecule has 0 bridgehead atoms. The summed E-state index contributed by atoms with van der Waals surface area (Å²) in [6.45, 7) is 9.29. The summed E-state index contributed by atoms with van der Waals surface area (Å²) < 4.78 is 12.6. The third-order valence-electron chi connectivity index (χ3n) is 5.28. The van der Waals surface area contributed by atoms with Crippen LogP contribution >= 0.6 is 0 Å². The van der Waals surface area contributed by atoms with Gasteiger partial charge in [0.15, 0.2) is 5.79 Å². The number of rotatable bonds is 9. The number of hydrogen-bond acceptors (Lipinski definition) is 2. The van der Waals surface area contributed by atoms with Crippen molar-refractivity contribution in [3.8, 4) is 0 Å². The van der Waals surface area contributed by atoms with Crippen molar-refractivity contribution in [3.05, 3.63) is 12.7 Å². The highest BCUT2D eigenvalue weighted by Gasteiger charge is 2.60. The van der Waals surface area contributed by atoms with E-state index in [4.69, 9.17) is 9.47 Å². The summed E-state index contributed by atoms with van der Waals surface area (Å²) in [6, 6.07) is 0. The molecule has 0 N–H and O–H groups in total.